The van der Waals surface area contributed by atoms with Crippen molar-refractivity contribution in [1.82, 2.24) is 0 Å². The van der Waals surface area contributed by atoms with Crippen LogP contribution in [0.2, 0.25) is 0 Å². The lowest BCUT2D eigenvalue weighted by atomic mass is 9.99. The summed E-state index contributed by atoms with van der Waals surface area (Å²) in [4.78, 5) is 12.0. The number of benzene rings is 2. The molecule has 3 nitrogen and oxygen atoms in total. The van der Waals surface area contributed by atoms with Gasteiger partial charge in [0.2, 0.25) is 0 Å². The van der Waals surface area contributed by atoms with Crippen LogP contribution in [-0.2, 0) is 24.2 Å². The molecule has 0 aromatic heterocycles. The van der Waals surface area contributed by atoms with E-state index in [0.717, 1.165) is 16.7 Å². The van der Waals surface area contributed by atoms with E-state index < -0.39 is 0 Å². The molecule has 0 bridgehead atoms. The lowest BCUT2D eigenvalue weighted by Crippen LogP contribution is -2.10. The second-order valence-corrected chi connectivity index (χ2v) is 4.53. The molecule has 0 spiro atoms. The van der Waals surface area contributed by atoms with Crippen molar-refractivity contribution < 1.29 is 9.90 Å². The van der Waals surface area contributed by atoms with E-state index in [0.29, 0.717) is 19.4 Å². The molecule has 0 amide bonds. The van der Waals surface area contributed by atoms with Gasteiger partial charge < -0.3 is 10.8 Å². The average Bonchev–Trinajstić information content (AvgIpc) is 2.39. The molecule has 0 heterocycles. The Kier molecular flexibility index (Phi) is 4.31. The second-order valence-electron chi connectivity index (χ2n) is 4.53. The Morgan fingerprint density at radius 2 is 1.74 bits per heavy atom. The van der Waals surface area contributed by atoms with Crippen LogP contribution >= 0.6 is 0 Å². The number of hydrogen-bond acceptors (Lipinski definition) is 3. The second kappa shape index (κ2) is 6.16. The van der Waals surface area contributed by atoms with Gasteiger partial charge in [-0.25, -0.2) is 0 Å². The van der Waals surface area contributed by atoms with Crippen molar-refractivity contribution in [2.45, 2.75) is 19.4 Å². The lowest BCUT2D eigenvalue weighted by Gasteiger charge is -2.07. The highest BCUT2D eigenvalue weighted by Crippen LogP contribution is 2.14. The van der Waals surface area contributed by atoms with Crippen LogP contribution in [0.25, 0.3) is 0 Å². The molecular weight excluding hydrogens is 238 g/mol. The molecule has 2 rings (SSSR count). The van der Waals surface area contributed by atoms with Crippen LogP contribution in [0, 0.1) is 0 Å². The number of phenolic OH excluding ortho intramolecular Hbond substituents is 1. The van der Waals surface area contributed by atoms with E-state index in [4.69, 9.17) is 5.73 Å². The van der Waals surface area contributed by atoms with Crippen molar-refractivity contribution >= 4 is 5.78 Å². The fourth-order valence-corrected chi connectivity index (χ4v) is 2.10. The first kappa shape index (κ1) is 13.3. The maximum Gasteiger partial charge on any atom is 0.141 e. The minimum atomic E-state index is 0.117. The number of hydrogen-bond donors (Lipinski definition) is 2. The van der Waals surface area contributed by atoms with Crippen molar-refractivity contribution in [2.24, 2.45) is 5.73 Å². The van der Waals surface area contributed by atoms with Gasteiger partial charge in [-0.2, -0.15) is 0 Å². The highest BCUT2D eigenvalue weighted by atomic mass is 16.3. The smallest absolute Gasteiger partial charge is 0.141 e. The fourth-order valence-electron chi connectivity index (χ4n) is 2.10. The van der Waals surface area contributed by atoms with Gasteiger partial charge >= 0.3 is 0 Å². The van der Waals surface area contributed by atoms with Crippen LogP contribution in [0.15, 0.2) is 48.5 Å². The molecule has 0 aliphatic rings. The van der Waals surface area contributed by atoms with Gasteiger partial charge in [0, 0.05) is 19.4 Å². The van der Waals surface area contributed by atoms with Gasteiger partial charge in [-0.15, -0.1) is 0 Å². The van der Waals surface area contributed by atoms with Gasteiger partial charge in [0.15, 0.2) is 0 Å². The molecule has 0 unspecified atom stereocenters. The van der Waals surface area contributed by atoms with Crippen molar-refractivity contribution in [3.05, 3.63) is 65.2 Å². The van der Waals surface area contributed by atoms with Crippen LogP contribution < -0.4 is 5.73 Å². The Balaban J connectivity index is 2.05. The van der Waals surface area contributed by atoms with E-state index in [9.17, 15) is 9.90 Å². The van der Waals surface area contributed by atoms with E-state index in [1.54, 1.807) is 18.2 Å². The summed E-state index contributed by atoms with van der Waals surface area (Å²) in [7, 11) is 0. The Hall–Kier alpha value is -2.13. The van der Waals surface area contributed by atoms with Crippen molar-refractivity contribution in [3.63, 3.8) is 0 Å². The Morgan fingerprint density at radius 3 is 2.42 bits per heavy atom. The number of phenols is 1. The Morgan fingerprint density at radius 1 is 1.00 bits per heavy atom. The fraction of sp³-hybridized carbons (Fsp3) is 0.188. The number of carbonyl (C=O) groups is 1. The van der Waals surface area contributed by atoms with Crippen molar-refractivity contribution in [2.75, 3.05) is 0 Å². The van der Waals surface area contributed by atoms with Crippen LogP contribution in [0.1, 0.15) is 16.7 Å². The zero-order chi connectivity index (χ0) is 13.7. The van der Waals surface area contributed by atoms with Crippen molar-refractivity contribution in [1.29, 1.82) is 0 Å². The van der Waals surface area contributed by atoms with Gasteiger partial charge in [0.05, 0.1) is 0 Å². The molecule has 0 atom stereocenters. The molecule has 0 aliphatic carbocycles. The van der Waals surface area contributed by atoms with E-state index in [1.807, 2.05) is 30.3 Å². The molecule has 0 radical (unpaired) electrons. The minimum Gasteiger partial charge on any atom is -0.508 e. The van der Waals surface area contributed by atoms with Gasteiger partial charge in [-0.3, -0.25) is 4.79 Å². The SMILES string of the molecule is NCc1ccccc1CC(=O)Cc1cccc(O)c1. The van der Waals surface area contributed by atoms with Gasteiger partial charge in [0.1, 0.15) is 11.5 Å². The predicted molar refractivity (Wildman–Crippen MR) is 74.9 cm³/mol. The zero-order valence-electron chi connectivity index (χ0n) is 10.7. The molecule has 2 aromatic rings. The molecule has 0 aliphatic heterocycles. The molecule has 0 saturated carbocycles. The summed E-state index contributed by atoms with van der Waals surface area (Å²) in [6.07, 6.45) is 0.705. The molecule has 98 valence electrons. The van der Waals surface area contributed by atoms with E-state index in [2.05, 4.69) is 0 Å². The maximum atomic E-state index is 12.0. The molecule has 0 fully saturated rings. The van der Waals surface area contributed by atoms with Gasteiger partial charge in [-0.1, -0.05) is 36.4 Å². The maximum absolute atomic E-state index is 12.0. The number of aromatic hydroxyl groups is 1. The number of carbonyl (C=O) groups excluding carboxylic acids is 1. The van der Waals surface area contributed by atoms with E-state index >= 15 is 0 Å². The third-order valence-electron chi connectivity index (χ3n) is 3.04. The zero-order valence-corrected chi connectivity index (χ0v) is 10.7. The highest BCUT2D eigenvalue weighted by Gasteiger charge is 2.08. The van der Waals surface area contributed by atoms with Crippen LogP contribution in [-0.4, -0.2) is 10.9 Å². The first-order chi connectivity index (χ1) is 9.19. The molecule has 0 saturated heterocycles. The molecule has 3 heteroatoms. The highest BCUT2D eigenvalue weighted by molar-refractivity contribution is 5.83. The van der Waals surface area contributed by atoms with Gasteiger partial charge in [-0.05, 0) is 28.8 Å². The third kappa shape index (κ3) is 3.66. The number of rotatable bonds is 5. The van der Waals surface area contributed by atoms with Crippen LogP contribution in [0.5, 0.6) is 5.75 Å². The third-order valence-corrected chi connectivity index (χ3v) is 3.04. The van der Waals surface area contributed by atoms with Crippen molar-refractivity contribution in [3.8, 4) is 5.75 Å². The van der Waals surface area contributed by atoms with Crippen LogP contribution in [0.4, 0.5) is 0 Å². The van der Waals surface area contributed by atoms with E-state index in [1.165, 1.54) is 0 Å². The van der Waals surface area contributed by atoms with Gasteiger partial charge in [0.25, 0.3) is 0 Å². The summed E-state index contributed by atoms with van der Waals surface area (Å²) in [6.45, 7) is 0.440. The molecular formula is C16H17NO2. The first-order valence-corrected chi connectivity index (χ1v) is 6.25. The summed E-state index contributed by atoms with van der Waals surface area (Å²) >= 11 is 0. The summed E-state index contributed by atoms with van der Waals surface area (Å²) in [6, 6.07) is 14.5. The number of ketones is 1. The molecule has 2 aromatic carbocycles. The number of Topliss-reactive ketones (excluding diaryl/α,β-unsaturated/α-hetero) is 1. The Bertz CT molecular complexity index is 578. The quantitative estimate of drug-likeness (QED) is 0.861. The largest absolute Gasteiger partial charge is 0.508 e. The topological polar surface area (TPSA) is 63.3 Å². The standard InChI is InChI=1S/C16H17NO2/c17-11-14-6-2-1-5-13(14)10-16(19)9-12-4-3-7-15(18)8-12/h1-8,18H,9-11,17H2. The minimum absolute atomic E-state index is 0.117. The molecule has 19 heavy (non-hydrogen) atoms. The monoisotopic (exact) mass is 255 g/mol. The van der Waals surface area contributed by atoms with E-state index in [-0.39, 0.29) is 11.5 Å². The first-order valence-electron chi connectivity index (χ1n) is 6.25. The Labute approximate surface area is 112 Å². The number of nitrogens with two attached hydrogens (primary N) is 1. The normalized spacial score (nSPS) is 10.4. The summed E-state index contributed by atoms with van der Waals surface area (Å²) in [5.41, 5.74) is 8.47. The summed E-state index contributed by atoms with van der Waals surface area (Å²) in [5.74, 6) is 0.305. The average molecular weight is 255 g/mol. The summed E-state index contributed by atoms with van der Waals surface area (Å²) < 4.78 is 0. The predicted octanol–water partition coefficient (Wildman–Crippen LogP) is 2.21. The van der Waals surface area contributed by atoms with Crippen LogP contribution in [0.3, 0.4) is 0 Å². The summed E-state index contributed by atoms with van der Waals surface area (Å²) in [5, 5.41) is 9.37. The lowest BCUT2D eigenvalue weighted by molar-refractivity contribution is -0.117. The molecule has 3 N–H and O–H groups in total.